The summed E-state index contributed by atoms with van der Waals surface area (Å²) in [6.45, 7) is 38.3. The lowest BCUT2D eigenvalue weighted by atomic mass is 10.0. The summed E-state index contributed by atoms with van der Waals surface area (Å²) in [5.41, 5.74) is 8.06. The van der Waals surface area contributed by atoms with Crippen LogP contribution in [-0.4, -0.2) is 60.4 Å². The van der Waals surface area contributed by atoms with Crippen LogP contribution >= 0.6 is 0 Å². The first-order valence-corrected chi connectivity index (χ1v) is 24.5. The second-order valence-electron chi connectivity index (χ2n) is 21.9. The predicted molar refractivity (Wildman–Crippen MR) is 279 cm³/mol. The Morgan fingerprint density at radius 2 is 0.845 bits per heavy atom. The molecular weight excluding hydrogens is 906 g/mol. The summed E-state index contributed by atoms with van der Waals surface area (Å²) in [4.78, 5) is 0. The molecule has 0 fully saturated rings. The summed E-state index contributed by atoms with van der Waals surface area (Å²) in [6.07, 6.45) is 1.60. The van der Waals surface area contributed by atoms with E-state index in [2.05, 4.69) is 56.8 Å². The lowest BCUT2D eigenvalue weighted by molar-refractivity contribution is 0.120. The molecule has 3 aromatic heterocycles. The summed E-state index contributed by atoms with van der Waals surface area (Å²) >= 11 is 0. The van der Waals surface area contributed by atoms with Crippen molar-refractivity contribution < 1.29 is 36.9 Å². The van der Waals surface area contributed by atoms with Gasteiger partial charge in [0, 0.05) is 77.2 Å². The van der Waals surface area contributed by atoms with Gasteiger partial charge in [-0.1, -0.05) is 24.3 Å². The van der Waals surface area contributed by atoms with Crippen molar-refractivity contribution in [3.05, 3.63) is 128 Å². The van der Waals surface area contributed by atoms with Crippen LogP contribution in [0.2, 0.25) is 0 Å². The Hall–Kier alpha value is -5.92. The molecule has 0 unspecified atom stereocenters. The van der Waals surface area contributed by atoms with Gasteiger partial charge in [0.15, 0.2) is 11.6 Å². The topological polar surface area (TPSA) is 99.6 Å². The Balaban J connectivity index is 0.000000231. The molecule has 0 N–H and O–H groups in total. The zero-order valence-electron chi connectivity index (χ0n) is 46.4. The fourth-order valence-corrected chi connectivity index (χ4v) is 7.78. The number of benzene rings is 3. The van der Waals surface area contributed by atoms with Crippen molar-refractivity contribution in [2.75, 3.05) is 14.2 Å². The summed E-state index contributed by atoms with van der Waals surface area (Å²) in [6, 6.07) is 16.0. The van der Waals surface area contributed by atoms with Gasteiger partial charge in [-0.2, -0.15) is 0 Å². The number of hydrogen-bond acceptors (Lipinski definition) is 8. The molecule has 11 nitrogen and oxygen atoms in total. The van der Waals surface area contributed by atoms with Gasteiger partial charge in [-0.05, 0) is 178 Å². The molecule has 71 heavy (non-hydrogen) atoms. The number of halogens is 3. The average Bonchev–Trinajstić information content (AvgIpc) is 3.84. The molecule has 0 spiro atoms. The molecule has 0 aliphatic heterocycles. The molecule has 0 saturated heterocycles. The maximum absolute atomic E-state index is 14.3. The second kappa shape index (κ2) is 23.5. The minimum atomic E-state index is -0.365. The zero-order chi connectivity index (χ0) is 53.5. The molecule has 390 valence electrons. The van der Waals surface area contributed by atoms with Crippen molar-refractivity contribution in [1.82, 2.24) is 29.3 Å². The van der Waals surface area contributed by atoms with Crippen LogP contribution in [0.1, 0.15) is 178 Å². The van der Waals surface area contributed by atoms with E-state index in [1.165, 1.54) is 26.4 Å². The van der Waals surface area contributed by atoms with Gasteiger partial charge in [0.1, 0.15) is 34.2 Å². The van der Waals surface area contributed by atoms with E-state index >= 15 is 0 Å². The zero-order valence-corrected chi connectivity index (χ0v) is 46.4. The Labute approximate surface area is 422 Å². The molecule has 0 radical (unpaired) electrons. The van der Waals surface area contributed by atoms with Gasteiger partial charge in [0.2, 0.25) is 17.6 Å². The predicted octanol–water partition coefficient (Wildman–Crippen LogP) is 14.4. The largest absolute Gasteiger partial charge is 0.497 e. The highest BCUT2D eigenvalue weighted by Gasteiger charge is 2.26. The summed E-state index contributed by atoms with van der Waals surface area (Å²) in [5, 5.41) is 13.9. The van der Waals surface area contributed by atoms with Crippen LogP contribution in [0.15, 0.2) is 54.6 Å². The SMILES string of the molecule is COc1ccc(Cc2c(OC(C)(C)C)nn(C(C)C)c2C)c(F)c1.COc1ccc(Cc2c(OC(C)(C)C)nn(C(C)C)c2C)cc1F.Cc1ccc(Cc2c(OC(C)(C)C)nn(C(C)C)c2C)cc1F. The van der Waals surface area contributed by atoms with E-state index in [0.717, 1.165) is 44.9 Å². The lowest BCUT2D eigenvalue weighted by Crippen LogP contribution is -2.24. The summed E-state index contributed by atoms with van der Waals surface area (Å²) < 4.78 is 76.2. The van der Waals surface area contributed by atoms with Crippen molar-refractivity contribution >= 4 is 0 Å². The molecule has 6 aromatic rings. The molecule has 3 heterocycles. The van der Waals surface area contributed by atoms with Crippen LogP contribution in [0.25, 0.3) is 0 Å². The highest BCUT2D eigenvalue weighted by molar-refractivity contribution is 5.41. The third-order valence-corrected chi connectivity index (χ3v) is 11.2. The Kier molecular flexibility index (Phi) is 19.1. The van der Waals surface area contributed by atoms with Gasteiger partial charge in [0.25, 0.3) is 0 Å². The number of rotatable bonds is 14. The monoisotopic (exact) mass is 987 g/mol. The van der Waals surface area contributed by atoms with Crippen molar-refractivity contribution in [2.24, 2.45) is 0 Å². The molecule has 3 aromatic carbocycles. The van der Waals surface area contributed by atoms with Gasteiger partial charge >= 0.3 is 0 Å². The highest BCUT2D eigenvalue weighted by atomic mass is 19.1. The molecule has 0 aliphatic carbocycles. The fraction of sp³-hybridized carbons (Fsp3) is 0.526. The minimum Gasteiger partial charge on any atom is -0.497 e. The van der Waals surface area contributed by atoms with E-state index in [4.69, 9.17) is 23.7 Å². The smallest absolute Gasteiger partial charge is 0.237 e. The van der Waals surface area contributed by atoms with Crippen molar-refractivity contribution in [3.8, 4) is 29.1 Å². The number of nitrogens with zero attached hydrogens (tertiary/aromatic N) is 6. The van der Waals surface area contributed by atoms with Crippen LogP contribution < -0.4 is 23.7 Å². The molecule has 0 aliphatic rings. The van der Waals surface area contributed by atoms with Crippen LogP contribution in [0.5, 0.6) is 29.1 Å². The second-order valence-corrected chi connectivity index (χ2v) is 21.9. The number of hydrogen-bond donors (Lipinski definition) is 0. The molecular formula is C57H81F3N6O5. The molecule has 0 amide bonds. The van der Waals surface area contributed by atoms with Gasteiger partial charge in [-0.15, -0.1) is 15.3 Å². The van der Waals surface area contributed by atoms with Crippen molar-refractivity contribution in [3.63, 3.8) is 0 Å². The number of aromatic nitrogens is 6. The Morgan fingerprint density at radius 3 is 1.17 bits per heavy atom. The van der Waals surface area contributed by atoms with Gasteiger partial charge in [-0.25, -0.2) is 13.2 Å². The van der Waals surface area contributed by atoms with Gasteiger partial charge in [-0.3, -0.25) is 14.0 Å². The summed E-state index contributed by atoms with van der Waals surface area (Å²) in [5.74, 6) is 1.78. The normalized spacial score (nSPS) is 11.9. The maximum Gasteiger partial charge on any atom is 0.237 e. The maximum atomic E-state index is 14.3. The number of methoxy groups -OCH3 is 2. The first-order chi connectivity index (χ1) is 32.8. The van der Waals surface area contributed by atoms with E-state index in [1.54, 1.807) is 31.2 Å². The molecule has 0 bridgehead atoms. The van der Waals surface area contributed by atoms with E-state index in [-0.39, 0.29) is 58.1 Å². The van der Waals surface area contributed by atoms with E-state index in [9.17, 15) is 13.2 Å². The van der Waals surface area contributed by atoms with Gasteiger partial charge < -0.3 is 23.7 Å². The van der Waals surface area contributed by atoms with E-state index in [0.29, 0.717) is 53.8 Å². The van der Waals surface area contributed by atoms with Crippen LogP contribution in [0, 0.1) is 45.1 Å². The average molecular weight is 987 g/mol. The quantitative estimate of drug-likeness (QED) is 0.106. The minimum absolute atomic E-state index is 0.172. The molecule has 14 heteroatoms. The number of aryl methyl sites for hydroxylation is 1. The van der Waals surface area contributed by atoms with Crippen LogP contribution in [0.4, 0.5) is 13.2 Å². The van der Waals surface area contributed by atoms with E-state index in [1.807, 2.05) is 115 Å². The van der Waals surface area contributed by atoms with Gasteiger partial charge in [0.05, 0.1) is 14.2 Å². The van der Waals surface area contributed by atoms with Crippen LogP contribution in [-0.2, 0) is 19.3 Å². The highest BCUT2D eigenvalue weighted by Crippen LogP contribution is 2.33. The van der Waals surface area contributed by atoms with Crippen molar-refractivity contribution in [2.45, 2.75) is 186 Å². The standard InChI is InChI=1S/2C19H27FN2O2.C19H27FN2O/c1-12(2)22-13(3)16(18(21-22)24-19(4,5)6)10-14-8-9-15(23-7)11-17(14)20;1-12(2)22-13(3)15(18(21-22)24-19(4,5)6)10-14-8-9-17(23-7)16(20)11-14;1-12(2)22-14(4)16(18(21-22)23-19(5,6)7)10-15-9-8-13(3)17(20)11-15/h2*8-9,11-12H,10H2,1-7H3;8-9,11-12H,10H2,1-7H3. The van der Waals surface area contributed by atoms with E-state index < -0.39 is 0 Å². The molecule has 0 atom stereocenters. The molecule has 6 rings (SSSR count). The molecule has 0 saturated carbocycles. The number of ether oxygens (including phenoxy) is 5. The Bertz CT molecular complexity index is 2710. The first kappa shape index (κ1) is 57.7. The third kappa shape index (κ3) is 16.0. The first-order valence-electron chi connectivity index (χ1n) is 24.5. The van der Waals surface area contributed by atoms with Crippen molar-refractivity contribution in [1.29, 1.82) is 0 Å². The fourth-order valence-electron chi connectivity index (χ4n) is 7.78. The summed E-state index contributed by atoms with van der Waals surface area (Å²) in [7, 11) is 2.99. The van der Waals surface area contributed by atoms with Crippen LogP contribution in [0.3, 0.4) is 0 Å². The lowest BCUT2D eigenvalue weighted by Gasteiger charge is -2.20. The Morgan fingerprint density at radius 1 is 0.465 bits per heavy atom. The third-order valence-electron chi connectivity index (χ3n) is 11.2.